The molecule has 0 N–H and O–H groups in total. The summed E-state index contributed by atoms with van der Waals surface area (Å²) in [4.78, 5) is 25.6. The van der Waals surface area contributed by atoms with Gasteiger partial charge < -0.3 is 0 Å². The van der Waals surface area contributed by atoms with E-state index < -0.39 is 0 Å². The molecule has 68 heavy (non-hydrogen) atoms. The fourth-order valence-electron chi connectivity index (χ4n) is 9.04. The SMILES string of the molecule is Cc1cc(-c2cccc(-c3ccc(-c4nc(-c5ccccc5)cc(-c5ccccc5)n4)cc3)c2-c2ccccc2-c2cc(-c3ccccc3)nc(-c3ccc(-c4ccccc4)cc3)n2)cc(C)n1. The molecular formula is C63H45N5. The van der Waals surface area contributed by atoms with Gasteiger partial charge in [0.15, 0.2) is 11.6 Å². The largest absolute Gasteiger partial charge is 0.258 e. The Hall–Kier alpha value is -8.93. The first-order valence-electron chi connectivity index (χ1n) is 22.9. The summed E-state index contributed by atoms with van der Waals surface area (Å²) >= 11 is 0. The Morgan fingerprint density at radius 1 is 0.221 bits per heavy atom. The maximum atomic E-state index is 5.39. The van der Waals surface area contributed by atoms with Crippen molar-refractivity contribution in [3.05, 3.63) is 248 Å². The maximum absolute atomic E-state index is 5.39. The smallest absolute Gasteiger partial charge is 0.160 e. The molecule has 5 nitrogen and oxygen atoms in total. The fraction of sp³-hybridized carbons (Fsp3) is 0.0317. The normalized spacial score (nSPS) is 11.1. The molecule has 11 aromatic rings. The number of hydrogen-bond acceptors (Lipinski definition) is 5. The van der Waals surface area contributed by atoms with E-state index >= 15 is 0 Å². The van der Waals surface area contributed by atoms with Gasteiger partial charge in [-0.1, -0.05) is 212 Å². The quantitative estimate of drug-likeness (QED) is 0.137. The second-order valence-corrected chi connectivity index (χ2v) is 17.0. The Bertz CT molecular complexity index is 3460. The predicted molar refractivity (Wildman–Crippen MR) is 279 cm³/mol. The third-order valence-electron chi connectivity index (χ3n) is 12.3. The van der Waals surface area contributed by atoms with Gasteiger partial charge in [0.05, 0.1) is 22.8 Å². The van der Waals surface area contributed by atoms with E-state index in [2.05, 4.69) is 202 Å². The minimum Gasteiger partial charge on any atom is -0.258 e. The molecule has 8 aromatic carbocycles. The number of hydrogen-bond donors (Lipinski definition) is 0. The summed E-state index contributed by atoms with van der Waals surface area (Å²) in [6.45, 7) is 4.12. The highest BCUT2D eigenvalue weighted by Gasteiger charge is 2.21. The minimum absolute atomic E-state index is 0.661. The van der Waals surface area contributed by atoms with Crippen molar-refractivity contribution in [2.45, 2.75) is 13.8 Å². The molecule has 0 aliphatic carbocycles. The van der Waals surface area contributed by atoms with Crippen LogP contribution in [0.2, 0.25) is 0 Å². The lowest BCUT2D eigenvalue weighted by atomic mass is 9.85. The summed E-state index contributed by atoms with van der Waals surface area (Å²) in [6, 6.07) is 82.4. The van der Waals surface area contributed by atoms with Gasteiger partial charge >= 0.3 is 0 Å². The average molecular weight is 872 g/mol. The van der Waals surface area contributed by atoms with Crippen molar-refractivity contribution >= 4 is 0 Å². The Morgan fingerprint density at radius 3 is 1.04 bits per heavy atom. The first kappa shape index (κ1) is 41.8. The zero-order chi connectivity index (χ0) is 45.8. The summed E-state index contributed by atoms with van der Waals surface area (Å²) in [6.07, 6.45) is 0. The number of rotatable bonds is 10. The summed E-state index contributed by atoms with van der Waals surface area (Å²) in [5, 5.41) is 0. The minimum atomic E-state index is 0.661. The molecule has 5 heteroatoms. The topological polar surface area (TPSA) is 64.5 Å². The molecule has 11 rings (SSSR count). The van der Waals surface area contributed by atoms with Crippen molar-refractivity contribution in [1.82, 2.24) is 24.9 Å². The van der Waals surface area contributed by atoms with Gasteiger partial charge in [-0.05, 0) is 82.6 Å². The third-order valence-corrected chi connectivity index (χ3v) is 12.3. The van der Waals surface area contributed by atoms with Gasteiger partial charge in [-0.3, -0.25) is 4.98 Å². The highest BCUT2D eigenvalue weighted by Crippen LogP contribution is 2.45. The van der Waals surface area contributed by atoms with Crippen LogP contribution in [0.25, 0.3) is 112 Å². The molecule has 3 aromatic heterocycles. The molecule has 0 saturated carbocycles. The van der Waals surface area contributed by atoms with Crippen molar-refractivity contribution in [2.75, 3.05) is 0 Å². The lowest BCUT2D eigenvalue weighted by Crippen LogP contribution is -1.99. The number of aromatic nitrogens is 5. The van der Waals surface area contributed by atoms with E-state index in [9.17, 15) is 0 Å². The second-order valence-electron chi connectivity index (χ2n) is 17.0. The van der Waals surface area contributed by atoms with Crippen LogP contribution in [0, 0.1) is 13.8 Å². The fourth-order valence-corrected chi connectivity index (χ4v) is 9.04. The molecule has 3 heterocycles. The van der Waals surface area contributed by atoms with E-state index in [-0.39, 0.29) is 0 Å². The van der Waals surface area contributed by atoms with Crippen molar-refractivity contribution in [3.8, 4) is 112 Å². The maximum Gasteiger partial charge on any atom is 0.160 e. The number of nitrogens with zero attached hydrogens (tertiary/aromatic N) is 5. The molecule has 0 aliphatic heterocycles. The highest BCUT2D eigenvalue weighted by atomic mass is 14.9. The molecule has 0 fully saturated rings. The molecule has 0 spiro atoms. The van der Waals surface area contributed by atoms with Crippen LogP contribution in [0.15, 0.2) is 237 Å². The van der Waals surface area contributed by atoms with Crippen molar-refractivity contribution in [1.29, 1.82) is 0 Å². The van der Waals surface area contributed by atoms with Gasteiger partial charge in [0.1, 0.15) is 0 Å². The molecule has 0 amide bonds. The molecule has 0 atom stereocenters. The van der Waals surface area contributed by atoms with E-state index in [1.54, 1.807) is 0 Å². The first-order chi connectivity index (χ1) is 33.5. The molecule has 0 aliphatic rings. The van der Waals surface area contributed by atoms with Gasteiger partial charge in [0.25, 0.3) is 0 Å². The standard InChI is InChI=1S/C63H45N5/c1-42-38-52(39-43(2)64-42)54-29-17-28-53(46-32-36-51(37-33-46)62-65-57(47-20-9-4-10-21-47)40-58(66-62)48-22-11-5-12-23-48)61(54)56-27-16-15-26-55(56)60-41-59(49-24-13-6-14-25-49)67-63(68-60)50-34-30-45(31-35-50)44-18-7-3-8-19-44/h3-41H,1-2H3. The van der Waals surface area contributed by atoms with Gasteiger partial charge in [-0.2, -0.15) is 0 Å². The van der Waals surface area contributed by atoms with E-state index in [1.807, 2.05) is 48.5 Å². The van der Waals surface area contributed by atoms with Crippen LogP contribution in [0.4, 0.5) is 0 Å². The van der Waals surface area contributed by atoms with Crippen LogP contribution >= 0.6 is 0 Å². The second kappa shape index (κ2) is 18.5. The number of benzene rings is 8. The Morgan fingerprint density at radius 2 is 0.559 bits per heavy atom. The van der Waals surface area contributed by atoms with E-state index in [1.165, 1.54) is 5.56 Å². The van der Waals surface area contributed by atoms with Crippen LogP contribution in [-0.2, 0) is 0 Å². The highest BCUT2D eigenvalue weighted by molar-refractivity contribution is 5.99. The molecule has 322 valence electrons. The van der Waals surface area contributed by atoms with Crippen molar-refractivity contribution < 1.29 is 0 Å². The van der Waals surface area contributed by atoms with Crippen molar-refractivity contribution in [2.24, 2.45) is 0 Å². The third kappa shape index (κ3) is 8.64. The Balaban J connectivity index is 1.07. The lowest BCUT2D eigenvalue weighted by molar-refractivity contribution is 1.12. The Labute approximate surface area is 397 Å². The molecule has 0 unspecified atom stereocenters. The van der Waals surface area contributed by atoms with Crippen LogP contribution < -0.4 is 0 Å². The van der Waals surface area contributed by atoms with Crippen LogP contribution in [0.5, 0.6) is 0 Å². The van der Waals surface area contributed by atoms with Gasteiger partial charge in [0.2, 0.25) is 0 Å². The Kier molecular flexibility index (Phi) is 11.4. The molecule has 0 radical (unpaired) electrons. The van der Waals surface area contributed by atoms with Crippen molar-refractivity contribution in [3.63, 3.8) is 0 Å². The molecule has 0 saturated heterocycles. The monoisotopic (exact) mass is 871 g/mol. The van der Waals surface area contributed by atoms with Crippen LogP contribution in [0.1, 0.15) is 11.4 Å². The summed E-state index contributed by atoms with van der Waals surface area (Å²) in [7, 11) is 0. The van der Waals surface area contributed by atoms with Crippen LogP contribution in [0.3, 0.4) is 0 Å². The van der Waals surface area contributed by atoms with E-state index in [0.29, 0.717) is 11.6 Å². The molecular weight excluding hydrogens is 827 g/mol. The average Bonchev–Trinajstić information content (AvgIpc) is 3.41. The summed E-state index contributed by atoms with van der Waals surface area (Å²) in [5.74, 6) is 1.33. The number of aryl methyl sites for hydroxylation is 2. The predicted octanol–water partition coefficient (Wildman–Crippen LogP) is 15.9. The summed E-state index contributed by atoms with van der Waals surface area (Å²) in [5.41, 5.74) is 20.2. The first-order valence-corrected chi connectivity index (χ1v) is 22.9. The zero-order valence-corrected chi connectivity index (χ0v) is 37.8. The lowest BCUT2D eigenvalue weighted by Gasteiger charge is -2.20. The zero-order valence-electron chi connectivity index (χ0n) is 37.8. The van der Waals surface area contributed by atoms with Gasteiger partial charge in [0, 0.05) is 44.8 Å². The van der Waals surface area contributed by atoms with Gasteiger partial charge in [-0.25, -0.2) is 19.9 Å². The van der Waals surface area contributed by atoms with E-state index in [0.717, 1.165) is 106 Å². The molecule has 0 bridgehead atoms. The summed E-state index contributed by atoms with van der Waals surface area (Å²) < 4.78 is 0. The van der Waals surface area contributed by atoms with Crippen LogP contribution in [-0.4, -0.2) is 24.9 Å². The number of pyridine rings is 1. The van der Waals surface area contributed by atoms with E-state index in [4.69, 9.17) is 24.9 Å². The van der Waals surface area contributed by atoms with Gasteiger partial charge in [-0.15, -0.1) is 0 Å².